The highest BCUT2D eigenvalue weighted by Crippen LogP contribution is 2.34. The van der Waals surface area contributed by atoms with E-state index in [-0.39, 0.29) is 11.8 Å². The van der Waals surface area contributed by atoms with Crippen LogP contribution in [0.5, 0.6) is 0 Å². The number of benzene rings is 2. The van der Waals surface area contributed by atoms with E-state index in [0.29, 0.717) is 11.1 Å². The molecule has 0 saturated heterocycles. The second-order valence-electron chi connectivity index (χ2n) is 4.87. The maximum atomic E-state index is 12.1. The summed E-state index contributed by atoms with van der Waals surface area (Å²) in [5.74, 6) is -0.471. The van der Waals surface area contributed by atoms with Crippen molar-refractivity contribution in [2.45, 2.75) is 0 Å². The molecule has 0 aliphatic carbocycles. The molecule has 2 aromatic rings. The van der Waals surface area contributed by atoms with Crippen molar-refractivity contribution < 1.29 is 9.59 Å². The first-order chi connectivity index (χ1) is 10.2. The van der Waals surface area contributed by atoms with Crippen LogP contribution in [0.25, 0.3) is 11.1 Å². The summed E-state index contributed by atoms with van der Waals surface area (Å²) in [6.07, 6.45) is 0. The number of carbonyl (C=O) groups is 2. The van der Waals surface area contributed by atoms with Crippen LogP contribution in [0.1, 0.15) is 11.1 Å². The van der Waals surface area contributed by atoms with Crippen LogP contribution in [0.15, 0.2) is 54.3 Å². The summed E-state index contributed by atoms with van der Waals surface area (Å²) in [6, 6.07) is 14.8. The molecule has 21 heavy (non-hydrogen) atoms. The van der Waals surface area contributed by atoms with Gasteiger partial charge in [-0.25, -0.2) is 0 Å². The number of fused-ring (bicyclic) bond motifs is 2. The lowest BCUT2D eigenvalue weighted by molar-refractivity contribution is -0.111. The lowest BCUT2D eigenvalue weighted by atomic mass is 10.0. The molecule has 2 N–H and O–H groups in total. The summed E-state index contributed by atoms with van der Waals surface area (Å²) < 4.78 is 0. The van der Waals surface area contributed by atoms with Crippen LogP contribution in [-0.2, 0) is 9.59 Å². The molecular formula is C17H10N2O2. The molecule has 0 atom stereocenters. The summed E-state index contributed by atoms with van der Waals surface area (Å²) >= 11 is 0. The third-order valence-corrected chi connectivity index (χ3v) is 3.59. The number of hydrogen-bond acceptors (Lipinski definition) is 2. The van der Waals surface area contributed by atoms with Gasteiger partial charge in [-0.15, -0.1) is 0 Å². The number of anilines is 2. The third-order valence-electron chi connectivity index (χ3n) is 3.59. The fourth-order valence-corrected chi connectivity index (χ4v) is 2.61. The van der Waals surface area contributed by atoms with Crippen molar-refractivity contribution in [2.75, 3.05) is 10.6 Å². The van der Waals surface area contributed by atoms with E-state index in [1.54, 1.807) is 0 Å². The molecule has 0 radical (unpaired) electrons. The normalized spacial score (nSPS) is 15.2. The first kappa shape index (κ1) is 11.7. The predicted molar refractivity (Wildman–Crippen MR) is 80.5 cm³/mol. The number of amides is 2. The average molecular weight is 274 g/mol. The fraction of sp³-hybridized carbons (Fsp3) is 0. The highest BCUT2D eigenvalue weighted by Gasteiger charge is 2.27. The van der Waals surface area contributed by atoms with Gasteiger partial charge in [0, 0.05) is 22.5 Å². The Kier molecular flexibility index (Phi) is 2.34. The molecule has 0 saturated carbocycles. The Morgan fingerprint density at radius 1 is 0.667 bits per heavy atom. The minimum atomic E-state index is -0.235. The van der Waals surface area contributed by atoms with Gasteiger partial charge >= 0.3 is 0 Å². The monoisotopic (exact) mass is 274 g/mol. The van der Waals surface area contributed by atoms with Gasteiger partial charge in [-0.05, 0) is 12.1 Å². The molecule has 4 rings (SSSR count). The maximum Gasteiger partial charge on any atom is 0.264 e. The van der Waals surface area contributed by atoms with Gasteiger partial charge in [0.1, 0.15) is 0 Å². The van der Waals surface area contributed by atoms with Crippen LogP contribution >= 0.6 is 0 Å². The standard InChI is InChI=1S/C17H10N2O2/c20-16-12(10-5-1-3-7-14(10)18-16)9-13-11-6-2-4-8-15(11)19-17(13)21/h1-8H,(H,18,20)(H,19,21). The Morgan fingerprint density at radius 3 is 1.57 bits per heavy atom. The van der Waals surface area contributed by atoms with Crippen molar-refractivity contribution in [3.8, 4) is 0 Å². The average Bonchev–Trinajstić information content (AvgIpc) is 2.97. The molecule has 0 fully saturated rings. The van der Waals surface area contributed by atoms with Gasteiger partial charge in [0.2, 0.25) is 0 Å². The molecule has 4 heteroatoms. The molecular weight excluding hydrogens is 264 g/mol. The number of para-hydroxylation sites is 2. The Balaban J connectivity index is 1.99. The van der Waals surface area contributed by atoms with Gasteiger partial charge in [-0.1, -0.05) is 42.1 Å². The molecule has 4 nitrogen and oxygen atoms in total. The second-order valence-corrected chi connectivity index (χ2v) is 4.87. The van der Waals surface area contributed by atoms with Crippen molar-refractivity contribution in [1.82, 2.24) is 0 Å². The van der Waals surface area contributed by atoms with E-state index in [9.17, 15) is 9.59 Å². The molecule has 2 aliphatic heterocycles. The van der Waals surface area contributed by atoms with Crippen LogP contribution in [-0.4, -0.2) is 11.8 Å². The molecule has 0 bridgehead atoms. The van der Waals surface area contributed by atoms with Crippen molar-refractivity contribution >= 4 is 34.3 Å². The van der Waals surface area contributed by atoms with Crippen molar-refractivity contribution in [3.63, 3.8) is 0 Å². The number of hydrogen-bond donors (Lipinski definition) is 2. The minimum Gasteiger partial charge on any atom is -0.321 e. The SMILES string of the molecule is O=C1Nc2ccccc2C1=C=C1C(=O)Nc2ccccc21. The Bertz CT molecular complexity index is 804. The largest absolute Gasteiger partial charge is 0.321 e. The molecule has 2 aliphatic rings. The topological polar surface area (TPSA) is 58.2 Å². The summed E-state index contributed by atoms with van der Waals surface area (Å²) in [5.41, 5.74) is 6.83. The highest BCUT2D eigenvalue weighted by molar-refractivity contribution is 6.36. The zero-order valence-electron chi connectivity index (χ0n) is 10.9. The van der Waals surface area contributed by atoms with Crippen LogP contribution in [0.2, 0.25) is 0 Å². The summed E-state index contributed by atoms with van der Waals surface area (Å²) in [7, 11) is 0. The number of nitrogens with one attached hydrogen (secondary N) is 2. The molecule has 0 aromatic heterocycles. The number of rotatable bonds is 0. The van der Waals surface area contributed by atoms with Gasteiger partial charge in [-0.3, -0.25) is 9.59 Å². The van der Waals surface area contributed by atoms with Crippen molar-refractivity contribution in [2.24, 2.45) is 0 Å². The van der Waals surface area contributed by atoms with E-state index >= 15 is 0 Å². The van der Waals surface area contributed by atoms with Gasteiger partial charge in [0.05, 0.1) is 11.1 Å². The van der Waals surface area contributed by atoms with E-state index in [1.807, 2.05) is 48.5 Å². The summed E-state index contributed by atoms with van der Waals surface area (Å²) in [5, 5.41) is 5.55. The summed E-state index contributed by atoms with van der Waals surface area (Å²) in [6.45, 7) is 0. The zero-order valence-corrected chi connectivity index (χ0v) is 10.9. The lowest BCUT2D eigenvalue weighted by Gasteiger charge is -1.95. The molecule has 2 heterocycles. The molecule has 2 aromatic carbocycles. The molecule has 0 spiro atoms. The molecule has 100 valence electrons. The lowest BCUT2D eigenvalue weighted by Crippen LogP contribution is -2.05. The maximum absolute atomic E-state index is 12.1. The van der Waals surface area contributed by atoms with Gasteiger partial charge in [0.25, 0.3) is 11.8 Å². The van der Waals surface area contributed by atoms with Crippen LogP contribution in [0.4, 0.5) is 11.4 Å². The van der Waals surface area contributed by atoms with Crippen molar-refractivity contribution in [1.29, 1.82) is 0 Å². The van der Waals surface area contributed by atoms with Gasteiger partial charge in [0.15, 0.2) is 0 Å². The predicted octanol–water partition coefficient (Wildman–Crippen LogP) is 2.66. The van der Waals surface area contributed by atoms with E-state index < -0.39 is 0 Å². The summed E-state index contributed by atoms with van der Waals surface area (Å²) in [4.78, 5) is 24.2. The smallest absolute Gasteiger partial charge is 0.264 e. The van der Waals surface area contributed by atoms with Crippen LogP contribution in [0.3, 0.4) is 0 Å². The van der Waals surface area contributed by atoms with Gasteiger partial charge in [-0.2, -0.15) is 0 Å². The van der Waals surface area contributed by atoms with E-state index in [4.69, 9.17) is 0 Å². The van der Waals surface area contributed by atoms with E-state index in [0.717, 1.165) is 22.5 Å². The first-order valence-corrected chi connectivity index (χ1v) is 6.56. The van der Waals surface area contributed by atoms with E-state index in [1.165, 1.54) is 0 Å². The fourth-order valence-electron chi connectivity index (χ4n) is 2.61. The van der Waals surface area contributed by atoms with Crippen LogP contribution in [0, 0.1) is 0 Å². The van der Waals surface area contributed by atoms with Crippen molar-refractivity contribution in [3.05, 3.63) is 65.4 Å². The van der Waals surface area contributed by atoms with Gasteiger partial charge < -0.3 is 10.6 Å². The Morgan fingerprint density at radius 2 is 1.10 bits per heavy atom. The minimum absolute atomic E-state index is 0.235. The number of carbonyl (C=O) groups excluding carboxylic acids is 2. The molecule has 2 amide bonds. The Labute approximate surface area is 120 Å². The quantitative estimate of drug-likeness (QED) is 0.573. The second kappa shape index (κ2) is 4.20. The first-order valence-electron chi connectivity index (χ1n) is 6.56. The Hall–Kier alpha value is -3.10. The van der Waals surface area contributed by atoms with Crippen LogP contribution < -0.4 is 10.6 Å². The third kappa shape index (κ3) is 1.71. The van der Waals surface area contributed by atoms with E-state index in [2.05, 4.69) is 16.4 Å². The zero-order chi connectivity index (χ0) is 14.4. The molecule has 0 unspecified atom stereocenters. The highest BCUT2D eigenvalue weighted by atomic mass is 16.2.